The zero-order chi connectivity index (χ0) is 16.2. The summed E-state index contributed by atoms with van der Waals surface area (Å²) in [5, 5.41) is 7.49. The molecule has 3 aromatic rings. The van der Waals surface area contributed by atoms with Crippen LogP contribution in [0.3, 0.4) is 0 Å². The first-order chi connectivity index (χ1) is 11.1. The number of nitrogens with zero attached hydrogens (tertiary/aromatic N) is 2. The molecule has 1 heterocycles. The summed E-state index contributed by atoms with van der Waals surface area (Å²) in [6.45, 7) is 2.57. The number of aryl methyl sites for hydroxylation is 1. The lowest BCUT2D eigenvalue weighted by atomic mass is 10.1. The van der Waals surface area contributed by atoms with Crippen LogP contribution in [-0.4, -0.2) is 15.7 Å². The molecule has 0 aliphatic rings. The van der Waals surface area contributed by atoms with E-state index >= 15 is 0 Å². The Balaban J connectivity index is 1.72. The molecule has 1 amide bonds. The summed E-state index contributed by atoms with van der Waals surface area (Å²) in [7, 11) is 0. The third-order valence-corrected chi connectivity index (χ3v) is 3.67. The first-order valence-corrected chi connectivity index (χ1v) is 7.40. The lowest BCUT2D eigenvalue weighted by molar-refractivity contribution is -0.121. The van der Waals surface area contributed by atoms with E-state index in [9.17, 15) is 9.59 Å². The Kier molecular flexibility index (Phi) is 4.19. The Morgan fingerprint density at radius 3 is 2.65 bits per heavy atom. The van der Waals surface area contributed by atoms with E-state index in [2.05, 4.69) is 10.4 Å². The summed E-state index contributed by atoms with van der Waals surface area (Å²) in [5.74, 6) is -0.146. The minimum absolute atomic E-state index is 0.0760. The van der Waals surface area contributed by atoms with Crippen LogP contribution >= 0.6 is 0 Å². The molecule has 0 radical (unpaired) electrons. The van der Waals surface area contributed by atoms with Gasteiger partial charge in [-0.25, -0.2) is 0 Å². The SMILES string of the molecule is Cc1ccc(CNC(=O)Cn2ncc(=O)c3ccccc32)cc1. The van der Waals surface area contributed by atoms with Crippen molar-refractivity contribution < 1.29 is 4.79 Å². The first kappa shape index (κ1) is 15.0. The first-order valence-electron chi connectivity index (χ1n) is 7.40. The molecule has 5 heteroatoms. The predicted octanol–water partition coefficient (Wildman–Crippen LogP) is 2.02. The van der Waals surface area contributed by atoms with E-state index < -0.39 is 0 Å². The zero-order valence-electron chi connectivity index (χ0n) is 12.8. The van der Waals surface area contributed by atoms with Gasteiger partial charge in [0.15, 0.2) is 0 Å². The number of hydrogen-bond donors (Lipinski definition) is 1. The van der Waals surface area contributed by atoms with Gasteiger partial charge in [-0.1, -0.05) is 42.0 Å². The highest BCUT2D eigenvalue weighted by atomic mass is 16.2. The standard InChI is InChI=1S/C18H17N3O2/c1-13-6-8-14(9-7-13)10-19-18(23)12-21-16-5-3-2-4-15(16)17(22)11-20-21/h2-9,11H,10,12H2,1H3,(H,19,23). The molecule has 0 aliphatic heterocycles. The maximum Gasteiger partial charge on any atom is 0.242 e. The normalized spacial score (nSPS) is 10.7. The second-order valence-electron chi connectivity index (χ2n) is 5.45. The van der Waals surface area contributed by atoms with Crippen molar-refractivity contribution in [2.75, 3.05) is 0 Å². The fourth-order valence-electron chi connectivity index (χ4n) is 2.39. The molecule has 1 N–H and O–H groups in total. The Bertz CT molecular complexity index is 898. The van der Waals surface area contributed by atoms with Crippen molar-refractivity contribution >= 4 is 16.8 Å². The average Bonchev–Trinajstić information content (AvgIpc) is 2.57. The van der Waals surface area contributed by atoms with Gasteiger partial charge in [0.05, 0.1) is 11.7 Å². The topological polar surface area (TPSA) is 64.0 Å². The minimum atomic E-state index is -0.146. The summed E-state index contributed by atoms with van der Waals surface area (Å²) in [6, 6.07) is 15.1. The molecule has 0 atom stereocenters. The van der Waals surface area contributed by atoms with E-state index in [1.165, 1.54) is 11.8 Å². The van der Waals surface area contributed by atoms with Gasteiger partial charge in [-0.2, -0.15) is 5.10 Å². The highest BCUT2D eigenvalue weighted by molar-refractivity contribution is 5.81. The fraction of sp³-hybridized carbons (Fsp3) is 0.167. The monoisotopic (exact) mass is 307 g/mol. The molecule has 0 unspecified atom stereocenters. The molecule has 0 saturated carbocycles. The quantitative estimate of drug-likeness (QED) is 0.802. The number of benzene rings is 2. The largest absolute Gasteiger partial charge is 0.350 e. The fourth-order valence-corrected chi connectivity index (χ4v) is 2.39. The van der Waals surface area contributed by atoms with E-state index in [0.29, 0.717) is 17.4 Å². The van der Waals surface area contributed by atoms with Crippen molar-refractivity contribution in [3.63, 3.8) is 0 Å². The molecule has 0 fully saturated rings. The van der Waals surface area contributed by atoms with Gasteiger partial charge < -0.3 is 5.32 Å². The molecular weight excluding hydrogens is 290 g/mol. The van der Waals surface area contributed by atoms with Crippen LogP contribution in [0.5, 0.6) is 0 Å². The maximum absolute atomic E-state index is 12.1. The number of fused-ring (bicyclic) bond motifs is 1. The number of para-hydroxylation sites is 1. The molecule has 23 heavy (non-hydrogen) atoms. The zero-order valence-corrected chi connectivity index (χ0v) is 12.8. The molecule has 0 bridgehead atoms. The Morgan fingerprint density at radius 2 is 1.87 bits per heavy atom. The van der Waals surface area contributed by atoms with Crippen LogP contribution in [0.15, 0.2) is 59.5 Å². The summed E-state index contributed by atoms with van der Waals surface area (Å²) < 4.78 is 1.54. The summed E-state index contributed by atoms with van der Waals surface area (Å²) in [5.41, 5.74) is 2.74. The van der Waals surface area contributed by atoms with Crippen LogP contribution in [0.25, 0.3) is 10.9 Å². The van der Waals surface area contributed by atoms with Crippen molar-refractivity contribution in [1.82, 2.24) is 15.1 Å². The minimum Gasteiger partial charge on any atom is -0.350 e. The van der Waals surface area contributed by atoms with E-state index in [1.54, 1.807) is 22.9 Å². The summed E-state index contributed by atoms with van der Waals surface area (Å²) in [4.78, 5) is 23.9. The van der Waals surface area contributed by atoms with Gasteiger partial charge in [-0.15, -0.1) is 0 Å². The number of hydrogen-bond acceptors (Lipinski definition) is 3. The third-order valence-electron chi connectivity index (χ3n) is 3.67. The molecule has 0 aliphatic carbocycles. The molecule has 0 saturated heterocycles. The maximum atomic E-state index is 12.1. The van der Waals surface area contributed by atoms with Gasteiger partial charge in [0.2, 0.25) is 11.3 Å². The number of aromatic nitrogens is 2. The second-order valence-corrected chi connectivity index (χ2v) is 5.45. The van der Waals surface area contributed by atoms with Gasteiger partial charge >= 0.3 is 0 Å². The predicted molar refractivity (Wildman–Crippen MR) is 89.0 cm³/mol. The summed E-state index contributed by atoms with van der Waals surface area (Å²) >= 11 is 0. The smallest absolute Gasteiger partial charge is 0.242 e. The van der Waals surface area contributed by atoms with Crippen molar-refractivity contribution in [3.05, 3.63) is 76.1 Å². The number of carbonyl (C=O) groups excluding carboxylic acids is 1. The van der Waals surface area contributed by atoms with Crippen molar-refractivity contribution in [2.24, 2.45) is 0 Å². The molecule has 3 rings (SSSR count). The number of carbonyl (C=O) groups is 1. The molecule has 5 nitrogen and oxygen atoms in total. The molecule has 2 aromatic carbocycles. The highest BCUT2D eigenvalue weighted by Gasteiger charge is 2.07. The van der Waals surface area contributed by atoms with Gasteiger partial charge in [0.25, 0.3) is 0 Å². The van der Waals surface area contributed by atoms with Crippen molar-refractivity contribution in [3.8, 4) is 0 Å². The molecular formula is C18H17N3O2. The second kappa shape index (κ2) is 6.44. The van der Waals surface area contributed by atoms with Crippen LogP contribution in [0.1, 0.15) is 11.1 Å². The van der Waals surface area contributed by atoms with Crippen LogP contribution in [0, 0.1) is 6.92 Å². The van der Waals surface area contributed by atoms with Crippen LogP contribution in [0.4, 0.5) is 0 Å². The molecule has 1 aromatic heterocycles. The third kappa shape index (κ3) is 3.45. The molecule has 0 spiro atoms. The number of rotatable bonds is 4. The Labute approximate surface area is 133 Å². The van der Waals surface area contributed by atoms with Crippen molar-refractivity contribution in [2.45, 2.75) is 20.0 Å². The Hall–Kier alpha value is -2.95. The number of amides is 1. The number of nitrogens with one attached hydrogen (secondary N) is 1. The van der Waals surface area contributed by atoms with Gasteiger partial charge in [0.1, 0.15) is 6.54 Å². The van der Waals surface area contributed by atoms with E-state index in [0.717, 1.165) is 5.56 Å². The van der Waals surface area contributed by atoms with Crippen LogP contribution in [-0.2, 0) is 17.9 Å². The lowest BCUT2D eigenvalue weighted by Crippen LogP contribution is -2.28. The molecule has 116 valence electrons. The van der Waals surface area contributed by atoms with Gasteiger partial charge in [0, 0.05) is 11.9 Å². The Morgan fingerprint density at radius 1 is 1.13 bits per heavy atom. The van der Waals surface area contributed by atoms with Crippen LogP contribution in [0.2, 0.25) is 0 Å². The lowest BCUT2D eigenvalue weighted by Gasteiger charge is -2.10. The van der Waals surface area contributed by atoms with Crippen LogP contribution < -0.4 is 10.7 Å². The van der Waals surface area contributed by atoms with Gasteiger partial charge in [-0.3, -0.25) is 14.3 Å². The van der Waals surface area contributed by atoms with E-state index in [1.807, 2.05) is 37.3 Å². The highest BCUT2D eigenvalue weighted by Crippen LogP contribution is 2.07. The van der Waals surface area contributed by atoms with Gasteiger partial charge in [-0.05, 0) is 24.6 Å². The van der Waals surface area contributed by atoms with E-state index in [4.69, 9.17) is 0 Å². The van der Waals surface area contributed by atoms with Crippen molar-refractivity contribution in [1.29, 1.82) is 0 Å². The summed E-state index contributed by atoms with van der Waals surface area (Å²) in [6.07, 6.45) is 1.25. The average molecular weight is 307 g/mol. The van der Waals surface area contributed by atoms with E-state index in [-0.39, 0.29) is 17.9 Å².